The zero-order valence-electron chi connectivity index (χ0n) is 23.7. The topological polar surface area (TPSA) is 78.9 Å². The van der Waals surface area contributed by atoms with Crippen LogP contribution in [0.25, 0.3) is 11.1 Å². The maximum atomic E-state index is 15.1. The first-order valence-corrected chi connectivity index (χ1v) is 15.5. The standard InChI is InChI=1S/C32H39F2IN2O4/c1-3-32(34,4-2)20-37-15-13-21(14-16-37)19-41-25-10-11-26(28(33)18-25)22-5-7-23(8-6-22)30(39)24-9-12-29(38)27(17-24)31(40)36-35/h5-8,10-11,17-18,21,27,29,38H,3-4,9,12-16,19-20H2,1-2H3,(H,36,40)/t27-,29-/m0/s1. The van der Waals surface area contributed by atoms with E-state index in [0.29, 0.717) is 72.8 Å². The van der Waals surface area contributed by atoms with Gasteiger partial charge in [-0.25, -0.2) is 8.78 Å². The normalized spacial score (nSPS) is 20.4. The zero-order valence-corrected chi connectivity index (χ0v) is 25.8. The van der Waals surface area contributed by atoms with Gasteiger partial charge in [0.25, 0.3) is 0 Å². The molecule has 4 rings (SSSR count). The van der Waals surface area contributed by atoms with E-state index in [1.165, 1.54) is 6.07 Å². The lowest BCUT2D eigenvalue weighted by molar-refractivity contribution is -0.124. The Morgan fingerprint density at radius 3 is 2.39 bits per heavy atom. The highest BCUT2D eigenvalue weighted by molar-refractivity contribution is 14.1. The Labute approximate surface area is 255 Å². The van der Waals surface area contributed by atoms with Crippen molar-refractivity contribution in [2.45, 2.75) is 64.1 Å². The third-order valence-electron chi connectivity index (χ3n) is 8.56. The smallest absolute Gasteiger partial charge is 0.238 e. The maximum Gasteiger partial charge on any atom is 0.238 e. The average Bonchev–Trinajstić information content (AvgIpc) is 3.00. The van der Waals surface area contributed by atoms with Crippen LogP contribution in [0.1, 0.15) is 62.7 Å². The van der Waals surface area contributed by atoms with Gasteiger partial charge in [-0.2, -0.15) is 0 Å². The molecule has 6 nitrogen and oxygen atoms in total. The summed E-state index contributed by atoms with van der Waals surface area (Å²) in [4.78, 5) is 27.3. The van der Waals surface area contributed by atoms with Gasteiger partial charge in [0.15, 0.2) is 5.78 Å². The van der Waals surface area contributed by atoms with Gasteiger partial charge in [-0.05, 0) is 80.8 Å². The molecular formula is C32H39F2IN2O4. The van der Waals surface area contributed by atoms with Crippen LogP contribution in [0.4, 0.5) is 8.78 Å². The van der Waals surface area contributed by atoms with E-state index in [-0.39, 0.29) is 11.7 Å². The minimum atomic E-state index is -1.12. The Kier molecular flexibility index (Phi) is 10.9. The van der Waals surface area contributed by atoms with Crippen molar-refractivity contribution in [3.05, 3.63) is 65.5 Å². The minimum absolute atomic E-state index is 0.204. The fraction of sp³-hybridized carbons (Fsp3) is 0.500. The molecule has 2 aromatic carbocycles. The summed E-state index contributed by atoms with van der Waals surface area (Å²) in [6, 6.07) is 11.5. The quantitative estimate of drug-likeness (QED) is 0.162. The molecule has 0 spiro atoms. The predicted molar refractivity (Wildman–Crippen MR) is 164 cm³/mol. The van der Waals surface area contributed by atoms with Crippen molar-refractivity contribution >= 4 is 34.6 Å². The number of nitrogens with one attached hydrogen (secondary N) is 1. The number of ether oxygens (including phenoxy) is 1. The van der Waals surface area contributed by atoms with Crippen LogP contribution >= 0.6 is 22.9 Å². The summed E-state index contributed by atoms with van der Waals surface area (Å²) in [5.41, 5.74) is 0.857. The fourth-order valence-corrected chi connectivity index (χ4v) is 5.96. The molecule has 2 aliphatic rings. The maximum absolute atomic E-state index is 15.1. The molecule has 0 unspecified atom stereocenters. The lowest BCUT2D eigenvalue weighted by atomic mass is 9.84. The summed E-state index contributed by atoms with van der Waals surface area (Å²) in [5.74, 6) is -0.891. The van der Waals surface area contributed by atoms with Gasteiger partial charge < -0.3 is 14.7 Å². The highest BCUT2D eigenvalue weighted by atomic mass is 127. The van der Waals surface area contributed by atoms with Crippen molar-refractivity contribution in [1.29, 1.82) is 0 Å². The number of carbonyl (C=O) groups is 2. The number of amides is 1. The van der Waals surface area contributed by atoms with E-state index in [2.05, 4.69) is 8.43 Å². The summed E-state index contributed by atoms with van der Waals surface area (Å²) >= 11 is 1.72. The lowest BCUT2D eigenvalue weighted by Gasteiger charge is -2.36. The third-order valence-corrected chi connectivity index (χ3v) is 9.09. The molecular weight excluding hydrogens is 641 g/mol. The molecule has 222 valence electrons. The fourth-order valence-electron chi connectivity index (χ4n) is 5.60. The third kappa shape index (κ3) is 7.93. The van der Waals surface area contributed by atoms with Gasteiger partial charge in [-0.1, -0.05) is 44.2 Å². The SMILES string of the molecule is CCC(F)(CC)CN1CCC(COc2ccc(-c3ccc(C(=O)C4=C[C@H](C(=O)NI)[C@@H](O)CC4)cc3)c(F)c2)CC1. The molecule has 1 aliphatic heterocycles. The molecule has 1 amide bonds. The van der Waals surface area contributed by atoms with Crippen LogP contribution in [-0.4, -0.2) is 59.7 Å². The van der Waals surface area contributed by atoms with Gasteiger partial charge in [0, 0.05) is 23.7 Å². The summed E-state index contributed by atoms with van der Waals surface area (Å²) in [6.07, 6.45) is 4.37. The number of aliphatic hydroxyl groups is 1. The molecule has 1 heterocycles. The van der Waals surface area contributed by atoms with E-state index in [0.717, 1.165) is 25.9 Å². The molecule has 0 aromatic heterocycles. The number of rotatable bonds is 11. The van der Waals surface area contributed by atoms with Crippen molar-refractivity contribution in [1.82, 2.24) is 8.43 Å². The van der Waals surface area contributed by atoms with E-state index in [9.17, 15) is 19.1 Å². The second kappa shape index (κ2) is 14.2. The number of likely N-dealkylation sites (tertiary alicyclic amines) is 1. The number of carbonyl (C=O) groups excluding carboxylic acids is 2. The first kappa shape index (κ1) is 31.6. The molecule has 0 saturated carbocycles. The molecule has 1 fully saturated rings. The number of hydrogen-bond acceptors (Lipinski definition) is 5. The van der Waals surface area contributed by atoms with Crippen molar-refractivity contribution in [2.75, 3.05) is 26.2 Å². The molecule has 2 atom stereocenters. The number of Topliss-reactive ketones (excluding diaryl/α,β-unsaturated/α-hetero) is 1. The number of benzene rings is 2. The van der Waals surface area contributed by atoms with Gasteiger partial charge in [-0.15, -0.1) is 0 Å². The second-order valence-electron chi connectivity index (χ2n) is 11.2. The monoisotopic (exact) mass is 680 g/mol. The van der Waals surface area contributed by atoms with Crippen LogP contribution < -0.4 is 8.27 Å². The Balaban J connectivity index is 1.32. The van der Waals surface area contributed by atoms with Crippen LogP contribution in [0.5, 0.6) is 5.75 Å². The van der Waals surface area contributed by atoms with E-state index in [1.807, 2.05) is 13.8 Å². The van der Waals surface area contributed by atoms with Crippen LogP contribution in [0.3, 0.4) is 0 Å². The lowest BCUT2D eigenvalue weighted by Crippen LogP contribution is -2.44. The molecule has 2 aromatic rings. The van der Waals surface area contributed by atoms with Crippen LogP contribution in [-0.2, 0) is 4.79 Å². The number of nitrogens with zero attached hydrogens (tertiary/aromatic N) is 1. The zero-order chi connectivity index (χ0) is 29.6. The van der Waals surface area contributed by atoms with Crippen LogP contribution in [0.15, 0.2) is 54.1 Å². The highest BCUT2D eigenvalue weighted by Gasteiger charge is 2.32. The Bertz CT molecular complexity index is 1240. The first-order valence-electron chi connectivity index (χ1n) is 14.4. The van der Waals surface area contributed by atoms with Crippen molar-refractivity contribution < 1.29 is 28.2 Å². The predicted octanol–water partition coefficient (Wildman–Crippen LogP) is 6.46. The van der Waals surface area contributed by atoms with Crippen LogP contribution in [0, 0.1) is 17.7 Å². The number of allylic oxidation sites excluding steroid dienone is 1. The van der Waals surface area contributed by atoms with E-state index in [4.69, 9.17) is 4.74 Å². The summed E-state index contributed by atoms with van der Waals surface area (Å²) in [6.45, 7) is 6.48. The molecule has 1 aliphatic carbocycles. The van der Waals surface area contributed by atoms with Gasteiger partial charge >= 0.3 is 0 Å². The van der Waals surface area contributed by atoms with Crippen LogP contribution in [0.2, 0.25) is 0 Å². The first-order chi connectivity index (χ1) is 19.7. The Morgan fingerprint density at radius 1 is 1.10 bits per heavy atom. The summed E-state index contributed by atoms with van der Waals surface area (Å²) in [7, 11) is 0. The van der Waals surface area contributed by atoms with E-state index >= 15 is 4.39 Å². The van der Waals surface area contributed by atoms with Crippen molar-refractivity contribution in [2.24, 2.45) is 11.8 Å². The van der Waals surface area contributed by atoms with Gasteiger partial charge in [0.05, 0.1) is 41.5 Å². The van der Waals surface area contributed by atoms with Gasteiger partial charge in [-0.3, -0.25) is 13.1 Å². The summed E-state index contributed by atoms with van der Waals surface area (Å²) in [5, 5.41) is 10.1. The number of aliphatic hydroxyl groups excluding tert-OH is 1. The average molecular weight is 681 g/mol. The number of halogens is 3. The molecule has 9 heteroatoms. The summed E-state index contributed by atoms with van der Waals surface area (Å²) < 4.78 is 38.2. The number of piperidine rings is 1. The molecule has 0 bridgehead atoms. The van der Waals surface area contributed by atoms with Gasteiger partial charge in [0.1, 0.15) is 17.2 Å². The van der Waals surface area contributed by atoms with Crippen molar-refractivity contribution in [3.63, 3.8) is 0 Å². The molecule has 1 saturated heterocycles. The Hall–Kier alpha value is -2.37. The molecule has 41 heavy (non-hydrogen) atoms. The largest absolute Gasteiger partial charge is 0.493 e. The number of ketones is 1. The molecule has 0 radical (unpaired) electrons. The Morgan fingerprint density at radius 2 is 1.78 bits per heavy atom. The number of alkyl halides is 1. The second-order valence-corrected chi connectivity index (χ2v) is 11.8. The highest BCUT2D eigenvalue weighted by Crippen LogP contribution is 2.30. The van der Waals surface area contributed by atoms with Gasteiger partial charge in [0.2, 0.25) is 5.91 Å². The minimum Gasteiger partial charge on any atom is -0.493 e. The van der Waals surface area contributed by atoms with E-state index in [1.54, 1.807) is 65.3 Å². The van der Waals surface area contributed by atoms with Crippen molar-refractivity contribution in [3.8, 4) is 16.9 Å². The van der Waals surface area contributed by atoms with E-state index < -0.39 is 23.5 Å². The molecule has 2 N–H and O–H groups in total. The number of hydrogen-bond donors (Lipinski definition) is 2.